The summed E-state index contributed by atoms with van der Waals surface area (Å²) in [6, 6.07) is 16.7. The molecule has 0 aliphatic rings. The average Bonchev–Trinajstić information content (AvgIpc) is 3.18. The fourth-order valence-corrected chi connectivity index (χ4v) is 4.45. The summed E-state index contributed by atoms with van der Waals surface area (Å²) in [5.41, 5.74) is 0.503. The van der Waals surface area contributed by atoms with Gasteiger partial charge in [0.2, 0.25) is 15.9 Å². The van der Waals surface area contributed by atoms with E-state index in [1.807, 2.05) is 42.5 Å². The van der Waals surface area contributed by atoms with Crippen LogP contribution in [0, 0.1) is 0 Å². The molecule has 0 radical (unpaired) electrons. The number of carbonyl (C=O) groups is 1. The van der Waals surface area contributed by atoms with Crippen molar-refractivity contribution in [1.82, 2.24) is 5.32 Å². The highest BCUT2D eigenvalue weighted by molar-refractivity contribution is 7.98. The molecule has 1 N–H and O–H groups in total. The van der Waals surface area contributed by atoms with Gasteiger partial charge in [-0.25, -0.2) is 8.42 Å². The Morgan fingerprint density at radius 3 is 2.64 bits per heavy atom. The molecule has 0 aliphatic carbocycles. The molecule has 0 aliphatic heterocycles. The van der Waals surface area contributed by atoms with Crippen molar-refractivity contribution < 1.29 is 17.6 Å². The van der Waals surface area contributed by atoms with Gasteiger partial charge in [-0.05, 0) is 23.6 Å². The summed E-state index contributed by atoms with van der Waals surface area (Å²) >= 11 is 1.64. The molecule has 8 heteroatoms. The molecular formula is C20H22N2O4S2. The Kier molecular flexibility index (Phi) is 6.64. The van der Waals surface area contributed by atoms with Crippen LogP contribution in [0.3, 0.4) is 0 Å². The number of fused-ring (bicyclic) bond motifs is 1. The lowest BCUT2D eigenvalue weighted by Gasteiger charge is -2.23. The van der Waals surface area contributed by atoms with Crippen molar-refractivity contribution >= 4 is 44.2 Å². The Bertz CT molecular complexity index is 1030. The summed E-state index contributed by atoms with van der Waals surface area (Å²) in [6.07, 6.45) is 2.74. The topological polar surface area (TPSA) is 79.6 Å². The number of anilines is 1. The fraction of sp³-hybridized carbons (Fsp3) is 0.250. The van der Waals surface area contributed by atoms with Gasteiger partial charge in [0, 0.05) is 17.7 Å². The van der Waals surface area contributed by atoms with Gasteiger partial charge >= 0.3 is 0 Å². The van der Waals surface area contributed by atoms with Gasteiger partial charge in [0.15, 0.2) is 0 Å². The number of nitrogens with zero attached hydrogens (tertiary/aromatic N) is 1. The van der Waals surface area contributed by atoms with E-state index in [4.69, 9.17) is 4.42 Å². The maximum absolute atomic E-state index is 12.4. The van der Waals surface area contributed by atoms with Crippen molar-refractivity contribution in [3.63, 3.8) is 0 Å². The van der Waals surface area contributed by atoms with Crippen LogP contribution in [0.2, 0.25) is 0 Å². The molecule has 1 aromatic heterocycles. The van der Waals surface area contributed by atoms with Gasteiger partial charge in [0.1, 0.15) is 12.3 Å². The van der Waals surface area contributed by atoms with E-state index in [0.717, 1.165) is 32.8 Å². The number of thioether (sulfide) groups is 1. The number of hydrogen-bond donors (Lipinski definition) is 1. The summed E-state index contributed by atoms with van der Waals surface area (Å²) < 4.78 is 31.1. The molecule has 2 aromatic carbocycles. The highest BCUT2D eigenvalue weighted by atomic mass is 32.2. The van der Waals surface area contributed by atoms with E-state index in [1.165, 1.54) is 0 Å². The van der Waals surface area contributed by atoms with Crippen LogP contribution in [0.5, 0.6) is 0 Å². The van der Waals surface area contributed by atoms with Crippen LogP contribution in [0.15, 0.2) is 65.3 Å². The maximum Gasteiger partial charge on any atom is 0.240 e. The molecule has 3 aromatic rings. The lowest BCUT2D eigenvalue weighted by Crippen LogP contribution is -2.41. The molecule has 0 saturated carbocycles. The lowest BCUT2D eigenvalue weighted by atomic mass is 10.1. The Morgan fingerprint density at radius 2 is 1.89 bits per heavy atom. The number of carbonyl (C=O) groups excluding carboxylic acids is 1. The van der Waals surface area contributed by atoms with Crippen LogP contribution in [0.4, 0.5) is 5.69 Å². The maximum atomic E-state index is 12.4. The van der Waals surface area contributed by atoms with E-state index in [2.05, 4.69) is 5.32 Å². The van der Waals surface area contributed by atoms with Gasteiger partial charge in [0.25, 0.3) is 0 Å². The third-order valence-corrected chi connectivity index (χ3v) is 6.22. The number of benzene rings is 2. The van der Waals surface area contributed by atoms with Gasteiger partial charge in [-0.2, -0.15) is 11.8 Å². The van der Waals surface area contributed by atoms with Crippen LogP contribution in [0.25, 0.3) is 10.8 Å². The molecule has 0 atom stereocenters. The molecule has 0 bridgehead atoms. The standard InChI is InChI=1S/C20H22N2O4S2/c1-28(24,25)22(19-10-4-7-16-6-2-3-9-18(16)19)14-20(23)21-11-13-27-15-17-8-5-12-26-17/h2-10,12H,11,13-15H2,1H3,(H,21,23). The first-order chi connectivity index (χ1) is 13.4. The van der Waals surface area contributed by atoms with Crippen molar-refractivity contribution in [1.29, 1.82) is 0 Å². The van der Waals surface area contributed by atoms with E-state index in [1.54, 1.807) is 30.2 Å². The van der Waals surface area contributed by atoms with Crippen LogP contribution < -0.4 is 9.62 Å². The summed E-state index contributed by atoms with van der Waals surface area (Å²) in [7, 11) is -3.61. The number of sulfonamides is 1. The molecule has 148 valence electrons. The van der Waals surface area contributed by atoms with E-state index >= 15 is 0 Å². The number of furan rings is 1. The van der Waals surface area contributed by atoms with Crippen molar-refractivity contribution in [2.75, 3.05) is 29.4 Å². The van der Waals surface area contributed by atoms with E-state index in [9.17, 15) is 13.2 Å². The zero-order chi connectivity index (χ0) is 20.0. The fourth-order valence-electron chi connectivity index (χ4n) is 2.82. The average molecular weight is 419 g/mol. The molecular weight excluding hydrogens is 396 g/mol. The van der Waals surface area contributed by atoms with E-state index in [-0.39, 0.29) is 12.5 Å². The van der Waals surface area contributed by atoms with Crippen LogP contribution in [-0.2, 0) is 20.6 Å². The Labute approximate surface area is 169 Å². The minimum Gasteiger partial charge on any atom is -0.468 e. The summed E-state index contributed by atoms with van der Waals surface area (Å²) in [5.74, 6) is 1.99. The highest BCUT2D eigenvalue weighted by Gasteiger charge is 2.22. The first kappa shape index (κ1) is 20.3. The first-order valence-electron chi connectivity index (χ1n) is 8.77. The smallest absolute Gasteiger partial charge is 0.240 e. The number of amides is 1. The lowest BCUT2D eigenvalue weighted by molar-refractivity contribution is -0.119. The quantitative estimate of drug-likeness (QED) is 0.540. The second kappa shape index (κ2) is 9.16. The monoisotopic (exact) mass is 418 g/mol. The van der Waals surface area contributed by atoms with E-state index in [0.29, 0.717) is 18.0 Å². The van der Waals surface area contributed by atoms with Gasteiger partial charge in [0.05, 0.1) is 24.0 Å². The molecule has 6 nitrogen and oxygen atoms in total. The highest BCUT2D eigenvalue weighted by Crippen LogP contribution is 2.28. The zero-order valence-corrected chi connectivity index (χ0v) is 17.1. The van der Waals surface area contributed by atoms with Crippen LogP contribution in [-0.4, -0.2) is 39.4 Å². The summed E-state index contributed by atoms with van der Waals surface area (Å²) in [6.45, 7) is 0.201. The second-order valence-corrected chi connectivity index (χ2v) is 9.26. The zero-order valence-electron chi connectivity index (χ0n) is 15.5. The molecule has 0 unspecified atom stereocenters. The Morgan fingerprint density at radius 1 is 1.11 bits per heavy atom. The van der Waals surface area contributed by atoms with Crippen LogP contribution in [0.1, 0.15) is 5.76 Å². The third-order valence-electron chi connectivity index (χ3n) is 4.12. The predicted molar refractivity (Wildman–Crippen MR) is 114 cm³/mol. The number of nitrogens with one attached hydrogen (secondary N) is 1. The summed E-state index contributed by atoms with van der Waals surface area (Å²) in [4.78, 5) is 12.4. The minimum absolute atomic E-state index is 0.254. The molecule has 1 amide bonds. The van der Waals surface area contributed by atoms with E-state index < -0.39 is 10.0 Å². The normalized spacial score (nSPS) is 11.5. The Balaban J connectivity index is 1.62. The number of rotatable bonds is 9. The molecule has 0 fully saturated rings. The van der Waals surface area contributed by atoms with Gasteiger partial charge in [-0.3, -0.25) is 9.10 Å². The predicted octanol–water partition coefficient (Wildman–Crippen LogP) is 3.25. The third kappa shape index (κ3) is 5.30. The second-order valence-electron chi connectivity index (χ2n) is 6.25. The van der Waals surface area contributed by atoms with Gasteiger partial charge in [-0.15, -0.1) is 0 Å². The van der Waals surface area contributed by atoms with Gasteiger partial charge in [-0.1, -0.05) is 36.4 Å². The van der Waals surface area contributed by atoms with Crippen LogP contribution >= 0.6 is 11.8 Å². The van der Waals surface area contributed by atoms with Crippen molar-refractivity contribution in [2.24, 2.45) is 0 Å². The molecule has 1 heterocycles. The van der Waals surface area contributed by atoms with Crippen molar-refractivity contribution in [3.05, 3.63) is 66.6 Å². The van der Waals surface area contributed by atoms with Gasteiger partial charge < -0.3 is 9.73 Å². The minimum atomic E-state index is -3.61. The Hall–Kier alpha value is -2.45. The molecule has 0 spiro atoms. The largest absolute Gasteiger partial charge is 0.468 e. The molecule has 28 heavy (non-hydrogen) atoms. The van der Waals surface area contributed by atoms with Crippen molar-refractivity contribution in [2.45, 2.75) is 5.75 Å². The SMILES string of the molecule is CS(=O)(=O)N(CC(=O)NCCSCc1ccco1)c1cccc2ccccc12. The number of hydrogen-bond acceptors (Lipinski definition) is 5. The first-order valence-corrected chi connectivity index (χ1v) is 11.8. The van der Waals surface area contributed by atoms with Crippen molar-refractivity contribution in [3.8, 4) is 0 Å². The summed E-state index contributed by atoms with van der Waals surface area (Å²) in [5, 5.41) is 4.50. The molecule has 0 saturated heterocycles. The molecule has 3 rings (SSSR count).